The van der Waals surface area contributed by atoms with Crippen LogP contribution in [0.2, 0.25) is 0 Å². The lowest BCUT2D eigenvalue weighted by Gasteiger charge is -2.20. The zero-order chi connectivity index (χ0) is 11.3. The molecule has 1 N–H and O–H groups in total. The van der Waals surface area contributed by atoms with Gasteiger partial charge in [0.25, 0.3) is 0 Å². The number of halogens is 1. The number of methoxy groups -OCH3 is 1. The fourth-order valence-corrected chi connectivity index (χ4v) is 1.54. The van der Waals surface area contributed by atoms with Crippen LogP contribution in [-0.2, 0) is 4.74 Å². The summed E-state index contributed by atoms with van der Waals surface area (Å²) in [6.07, 6.45) is 1.06. The van der Waals surface area contributed by atoms with Crippen molar-refractivity contribution in [3.05, 3.63) is 35.6 Å². The summed E-state index contributed by atoms with van der Waals surface area (Å²) >= 11 is 0. The van der Waals surface area contributed by atoms with Crippen LogP contribution in [0.25, 0.3) is 0 Å². The monoisotopic (exact) mass is 211 g/mol. The summed E-state index contributed by atoms with van der Waals surface area (Å²) in [5, 5.41) is 3.20. The van der Waals surface area contributed by atoms with Crippen LogP contribution in [0.1, 0.15) is 24.9 Å². The molecule has 0 saturated carbocycles. The van der Waals surface area contributed by atoms with Crippen LogP contribution in [0, 0.1) is 5.82 Å². The Morgan fingerprint density at radius 2 is 1.93 bits per heavy atom. The summed E-state index contributed by atoms with van der Waals surface area (Å²) in [6, 6.07) is 6.78. The largest absolute Gasteiger partial charge is 0.382 e. The minimum atomic E-state index is -0.201. The van der Waals surface area contributed by atoms with Crippen LogP contribution >= 0.6 is 0 Å². The quantitative estimate of drug-likeness (QED) is 0.808. The molecule has 0 radical (unpaired) electrons. The molecule has 1 aromatic rings. The molecule has 2 unspecified atom stereocenters. The lowest BCUT2D eigenvalue weighted by Crippen LogP contribution is -2.21. The molecule has 0 bridgehead atoms. The molecule has 0 spiro atoms. The SMILES string of the molecule is CNC(CC(C)OC)c1ccc(F)cc1. The van der Waals surface area contributed by atoms with Gasteiger partial charge in [-0.05, 0) is 38.1 Å². The van der Waals surface area contributed by atoms with Crippen molar-refractivity contribution in [3.63, 3.8) is 0 Å². The van der Waals surface area contributed by atoms with Gasteiger partial charge in [0.05, 0.1) is 6.10 Å². The molecule has 15 heavy (non-hydrogen) atoms. The summed E-state index contributed by atoms with van der Waals surface area (Å²) < 4.78 is 18.0. The van der Waals surface area contributed by atoms with Gasteiger partial charge in [0, 0.05) is 13.2 Å². The van der Waals surface area contributed by atoms with Crippen molar-refractivity contribution < 1.29 is 9.13 Å². The van der Waals surface area contributed by atoms with E-state index < -0.39 is 0 Å². The smallest absolute Gasteiger partial charge is 0.123 e. The fraction of sp³-hybridized carbons (Fsp3) is 0.500. The number of hydrogen-bond donors (Lipinski definition) is 1. The third-order valence-electron chi connectivity index (χ3n) is 2.59. The van der Waals surface area contributed by atoms with E-state index in [1.807, 2.05) is 14.0 Å². The minimum Gasteiger partial charge on any atom is -0.382 e. The molecule has 84 valence electrons. The van der Waals surface area contributed by atoms with Crippen molar-refractivity contribution in [3.8, 4) is 0 Å². The molecule has 2 atom stereocenters. The van der Waals surface area contributed by atoms with Crippen molar-refractivity contribution in [2.24, 2.45) is 0 Å². The Balaban J connectivity index is 2.69. The topological polar surface area (TPSA) is 21.3 Å². The highest BCUT2D eigenvalue weighted by atomic mass is 19.1. The van der Waals surface area contributed by atoms with Crippen LogP contribution in [0.15, 0.2) is 24.3 Å². The van der Waals surface area contributed by atoms with E-state index in [4.69, 9.17) is 4.74 Å². The Labute approximate surface area is 90.4 Å². The number of hydrogen-bond acceptors (Lipinski definition) is 2. The van der Waals surface area contributed by atoms with E-state index in [0.717, 1.165) is 12.0 Å². The van der Waals surface area contributed by atoms with Gasteiger partial charge in [0.15, 0.2) is 0 Å². The maximum atomic E-state index is 12.7. The summed E-state index contributed by atoms with van der Waals surface area (Å²) in [5.41, 5.74) is 1.09. The molecule has 0 aliphatic heterocycles. The Kier molecular flexibility index (Phi) is 4.72. The maximum Gasteiger partial charge on any atom is 0.123 e. The van der Waals surface area contributed by atoms with Gasteiger partial charge in [-0.2, -0.15) is 0 Å². The second kappa shape index (κ2) is 5.83. The molecule has 0 aliphatic rings. The maximum absolute atomic E-state index is 12.7. The molecular weight excluding hydrogens is 193 g/mol. The molecule has 0 amide bonds. The third-order valence-corrected chi connectivity index (χ3v) is 2.59. The van der Waals surface area contributed by atoms with E-state index in [9.17, 15) is 4.39 Å². The highest BCUT2D eigenvalue weighted by molar-refractivity contribution is 5.19. The van der Waals surface area contributed by atoms with Gasteiger partial charge in [-0.1, -0.05) is 12.1 Å². The molecular formula is C12H18FNO. The predicted octanol–water partition coefficient (Wildman–Crippen LogP) is 2.51. The average Bonchev–Trinajstić information content (AvgIpc) is 2.27. The number of rotatable bonds is 5. The van der Waals surface area contributed by atoms with Crippen molar-refractivity contribution in [1.82, 2.24) is 5.32 Å². The predicted molar refractivity (Wildman–Crippen MR) is 59.3 cm³/mol. The summed E-state index contributed by atoms with van der Waals surface area (Å²) in [7, 11) is 3.60. The molecule has 0 fully saturated rings. The van der Waals surface area contributed by atoms with Crippen molar-refractivity contribution in [2.75, 3.05) is 14.2 Å². The summed E-state index contributed by atoms with van der Waals surface area (Å²) in [5.74, 6) is -0.201. The second-order valence-electron chi connectivity index (χ2n) is 3.67. The van der Waals surface area contributed by atoms with E-state index in [-0.39, 0.29) is 18.0 Å². The highest BCUT2D eigenvalue weighted by Crippen LogP contribution is 2.19. The van der Waals surface area contributed by atoms with Crippen LogP contribution in [0.3, 0.4) is 0 Å². The molecule has 0 aromatic heterocycles. The van der Waals surface area contributed by atoms with Crippen LogP contribution in [0.4, 0.5) is 4.39 Å². The van der Waals surface area contributed by atoms with Gasteiger partial charge in [0.2, 0.25) is 0 Å². The van der Waals surface area contributed by atoms with Crippen LogP contribution in [0.5, 0.6) is 0 Å². The lowest BCUT2D eigenvalue weighted by atomic mass is 10.0. The van der Waals surface area contributed by atoms with Gasteiger partial charge < -0.3 is 10.1 Å². The second-order valence-corrected chi connectivity index (χ2v) is 3.67. The lowest BCUT2D eigenvalue weighted by molar-refractivity contribution is 0.101. The van der Waals surface area contributed by atoms with Gasteiger partial charge in [0.1, 0.15) is 5.82 Å². The van der Waals surface area contributed by atoms with Crippen LogP contribution < -0.4 is 5.32 Å². The van der Waals surface area contributed by atoms with Gasteiger partial charge >= 0.3 is 0 Å². The van der Waals surface area contributed by atoms with Crippen molar-refractivity contribution in [1.29, 1.82) is 0 Å². The molecule has 0 saturated heterocycles. The van der Waals surface area contributed by atoms with Gasteiger partial charge in [-0.15, -0.1) is 0 Å². The van der Waals surface area contributed by atoms with Crippen molar-refractivity contribution >= 4 is 0 Å². The van der Waals surface area contributed by atoms with Crippen LogP contribution in [-0.4, -0.2) is 20.3 Å². The Bertz CT molecular complexity index is 286. The number of benzene rings is 1. The van der Waals surface area contributed by atoms with Crippen molar-refractivity contribution in [2.45, 2.75) is 25.5 Å². The Hall–Kier alpha value is -0.930. The molecule has 1 rings (SSSR count). The normalized spacial score (nSPS) is 14.9. The first-order chi connectivity index (χ1) is 7.17. The zero-order valence-corrected chi connectivity index (χ0v) is 9.46. The first kappa shape index (κ1) is 12.1. The molecule has 3 heteroatoms. The number of nitrogens with one attached hydrogen (secondary N) is 1. The van der Waals surface area contributed by atoms with Gasteiger partial charge in [-0.3, -0.25) is 0 Å². The Morgan fingerprint density at radius 3 is 2.40 bits per heavy atom. The first-order valence-corrected chi connectivity index (χ1v) is 5.13. The highest BCUT2D eigenvalue weighted by Gasteiger charge is 2.12. The third kappa shape index (κ3) is 3.61. The molecule has 1 aromatic carbocycles. The van der Waals surface area contributed by atoms with E-state index in [2.05, 4.69) is 5.32 Å². The van der Waals surface area contributed by atoms with E-state index >= 15 is 0 Å². The summed E-state index contributed by atoms with van der Waals surface area (Å²) in [4.78, 5) is 0. The average molecular weight is 211 g/mol. The minimum absolute atomic E-state index is 0.188. The molecule has 2 nitrogen and oxygen atoms in total. The fourth-order valence-electron chi connectivity index (χ4n) is 1.54. The molecule has 0 heterocycles. The standard InChI is InChI=1S/C12H18FNO/c1-9(15-3)8-12(14-2)10-4-6-11(13)7-5-10/h4-7,9,12,14H,8H2,1-3H3. The molecule has 0 aliphatic carbocycles. The number of ether oxygens (including phenoxy) is 1. The zero-order valence-electron chi connectivity index (χ0n) is 9.46. The van der Waals surface area contributed by atoms with E-state index in [1.54, 1.807) is 19.2 Å². The van der Waals surface area contributed by atoms with Gasteiger partial charge in [-0.25, -0.2) is 4.39 Å². The van der Waals surface area contributed by atoms with E-state index in [1.165, 1.54) is 12.1 Å². The van der Waals surface area contributed by atoms with E-state index in [0.29, 0.717) is 0 Å². The summed E-state index contributed by atoms with van der Waals surface area (Å²) in [6.45, 7) is 2.02. The Morgan fingerprint density at radius 1 is 1.33 bits per heavy atom. The first-order valence-electron chi connectivity index (χ1n) is 5.13.